The number of aryl methyl sites for hydroxylation is 2. The van der Waals surface area contributed by atoms with E-state index in [0.29, 0.717) is 10.8 Å². The Hall–Kier alpha value is -0.940. The second-order valence-corrected chi connectivity index (χ2v) is 4.53. The van der Waals surface area contributed by atoms with Gasteiger partial charge in [-0.1, -0.05) is 11.6 Å². The molecule has 0 radical (unpaired) electrons. The van der Waals surface area contributed by atoms with Gasteiger partial charge in [0.05, 0.1) is 0 Å². The number of hydrogen-bond donors (Lipinski definition) is 1. The van der Waals surface area contributed by atoms with Crippen LogP contribution in [0.15, 0.2) is 12.1 Å². The maximum absolute atomic E-state index is 12.5. The second kappa shape index (κ2) is 5.80. The molecule has 102 valence electrons. The highest BCUT2D eigenvalue weighted by atomic mass is 35.5. The Balaban J connectivity index is 2.75. The summed E-state index contributed by atoms with van der Waals surface area (Å²) in [6, 6.07) is 3.22. The van der Waals surface area contributed by atoms with Gasteiger partial charge in [-0.25, -0.2) is 0 Å². The predicted molar refractivity (Wildman–Crippen MR) is 65.0 cm³/mol. The summed E-state index contributed by atoms with van der Waals surface area (Å²) in [6.45, 7) is 2.56. The van der Waals surface area contributed by atoms with Crippen molar-refractivity contribution in [3.05, 3.63) is 28.3 Å². The lowest BCUT2D eigenvalue weighted by molar-refractivity contribution is -0.178. The Bertz CT molecular complexity index is 397. The predicted octanol–water partition coefficient (Wildman–Crippen LogP) is 3.47. The lowest BCUT2D eigenvalue weighted by atomic mass is 10.1. The van der Waals surface area contributed by atoms with E-state index in [9.17, 15) is 13.2 Å². The van der Waals surface area contributed by atoms with Crippen LogP contribution in [0.4, 0.5) is 13.2 Å². The zero-order valence-corrected chi connectivity index (χ0v) is 10.9. The van der Waals surface area contributed by atoms with Crippen molar-refractivity contribution >= 4 is 11.6 Å². The lowest BCUT2D eigenvalue weighted by Crippen LogP contribution is -2.35. The first-order chi connectivity index (χ1) is 8.25. The minimum Gasteiger partial charge on any atom is -0.493 e. The summed E-state index contributed by atoms with van der Waals surface area (Å²) in [7, 11) is 0. The zero-order chi connectivity index (χ0) is 13.9. The molecule has 18 heavy (non-hydrogen) atoms. The van der Waals surface area contributed by atoms with Crippen molar-refractivity contribution in [3.8, 4) is 5.75 Å². The van der Waals surface area contributed by atoms with Crippen LogP contribution in [-0.2, 0) is 0 Å². The first-order valence-electron chi connectivity index (χ1n) is 5.42. The SMILES string of the molecule is Cc1cc(OCC(CN)C(F)(F)F)cc(C)c1Cl. The Kier molecular flexibility index (Phi) is 4.87. The van der Waals surface area contributed by atoms with Crippen LogP contribution in [0.25, 0.3) is 0 Å². The van der Waals surface area contributed by atoms with Crippen molar-refractivity contribution in [2.75, 3.05) is 13.2 Å². The first kappa shape index (κ1) is 15.1. The van der Waals surface area contributed by atoms with Gasteiger partial charge in [0.1, 0.15) is 18.3 Å². The summed E-state index contributed by atoms with van der Waals surface area (Å²) in [6.07, 6.45) is -4.34. The summed E-state index contributed by atoms with van der Waals surface area (Å²) >= 11 is 5.96. The molecular weight excluding hydrogens is 267 g/mol. The Morgan fingerprint density at radius 1 is 1.28 bits per heavy atom. The largest absolute Gasteiger partial charge is 0.493 e. The molecular formula is C12H15ClF3NO. The average Bonchev–Trinajstić information content (AvgIpc) is 2.24. The van der Waals surface area contributed by atoms with Gasteiger partial charge in [-0.2, -0.15) is 13.2 Å². The first-order valence-corrected chi connectivity index (χ1v) is 5.79. The average molecular weight is 282 g/mol. The zero-order valence-electron chi connectivity index (χ0n) is 10.1. The van der Waals surface area contributed by atoms with E-state index in [2.05, 4.69) is 0 Å². The maximum atomic E-state index is 12.5. The molecule has 2 nitrogen and oxygen atoms in total. The van der Waals surface area contributed by atoms with Crippen LogP contribution in [0.1, 0.15) is 11.1 Å². The molecule has 0 aliphatic carbocycles. The minimum absolute atomic E-state index is 0.372. The molecule has 0 aliphatic rings. The number of alkyl halides is 3. The molecule has 1 unspecified atom stereocenters. The number of rotatable bonds is 4. The molecule has 1 aromatic carbocycles. The number of nitrogens with two attached hydrogens (primary N) is 1. The highest BCUT2D eigenvalue weighted by Gasteiger charge is 2.39. The van der Waals surface area contributed by atoms with Crippen molar-refractivity contribution in [1.82, 2.24) is 0 Å². The smallest absolute Gasteiger partial charge is 0.396 e. The second-order valence-electron chi connectivity index (χ2n) is 4.16. The fourth-order valence-electron chi connectivity index (χ4n) is 1.48. The van der Waals surface area contributed by atoms with E-state index in [0.717, 1.165) is 11.1 Å². The fraction of sp³-hybridized carbons (Fsp3) is 0.500. The number of halogens is 4. The van der Waals surface area contributed by atoms with Crippen molar-refractivity contribution in [2.24, 2.45) is 11.7 Å². The van der Waals surface area contributed by atoms with Gasteiger partial charge in [0.15, 0.2) is 0 Å². The number of hydrogen-bond acceptors (Lipinski definition) is 2. The molecule has 1 atom stereocenters. The highest BCUT2D eigenvalue weighted by Crippen LogP contribution is 2.29. The van der Waals surface area contributed by atoms with Crippen LogP contribution in [0.3, 0.4) is 0 Å². The van der Waals surface area contributed by atoms with E-state index in [1.165, 1.54) is 0 Å². The third-order valence-corrected chi connectivity index (χ3v) is 3.20. The van der Waals surface area contributed by atoms with Crippen LogP contribution >= 0.6 is 11.6 Å². The molecule has 0 saturated heterocycles. The summed E-state index contributed by atoms with van der Waals surface area (Å²) in [5.41, 5.74) is 6.62. The highest BCUT2D eigenvalue weighted by molar-refractivity contribution is 6.32. The van der Waals surface area contributed by atoms with Crippen molar-refractivity contribution in [1.29, 1.82) is 0 Å². The summed E-state index contributed by atoms with van der Waals surface area (Å²) in [5.74, 6) is -1.29. The number of ether oxygens (including phenoxy) is 1. The Labute approximate surface area is 109 Å². The summed E-state index contributed by atoms with van der Waals surface area (Å²) < 4.78 is 42.5. The molecule has 1 rings (SSSR count). The topological polar surface area (TPSA) is 35.2 Å². The Morgan fingerprint density at radius 3 is 2.17 bits per heavy atom. The molecule has 1 aromatic rings. The molecule has 0 spiro atoms. The Morgan fingerprint density at radius 2 is 1.78 bits per heavy atom. The van der Waals surface area contributed by atoms with Gasteiger partial charge in [-0.3, -0.25) is 0 Å². The van der Waals surface area contributed by atoms with E-state index in [4.69, 9.17) is 22.1 Å². The van der Waals surface area contributed by atoms with Gasteiger partial charge < -0.3 is 10.5 Å². The van der Waals surface area contributed by atoms with E-state index in [1.54, 1.807) is 26.0 Å². The third kappa shape index (κ3) is 3.78. The van der Waals surface area contributed by atoms with Gasteiger partial charge >= 0.3 is 6.18 Å². The van der Waals surface area contributed by atoms with Gasteiger partial charge in [0.2, 0.25) is 0 Å². The van der Waals surface area contributed by atoms with Gasteiger partial charge in [-0.05, 0) is 37.1 Å². The molecule has 0 amide bonds. The van der Waals surface area contributed by atoms with Crippen molar-refractivity contribution in [2.45, 2.75) is 20.0 Å². The molecule has 6 heteroatoms. The monoisotopic (exact) mass is 281 g/mol. The van der Waals surface area contributed by atoms with Crippen LogP contribution < -0.4 is 10.5 Å². The van der Waals surface area contributed by atoms with Crippen LogP contribution in [0, 0.1) is 19.8 Å². The van der Waals surface area contributed by atoms with Crippen LogP contribution in [0.2, 0.25) is 5.02 Å². The quantitative estimate of drug-likeness (QED) is 0.917. The molecule has 0 heterocycles. The van der Waals surface area contributed by atoms with E-state index in [1.807, 2.05) is 0 Å². The van der Waals surface area contributed by atoms with Gasteiger partial charge in [0, 0.05) is 11.6 Å². The maximum Gasteiger partial charge on any atom is 0.396 e. The molecule has 0 aliphatic heterocycles. The van der Waals surface area contributed by atoms with E-state index in [-0.39, 0.29) is 0 Å². The lowest BCUT2D eigenvalue weighted by Gasteiger charge is -2.19. The fourth-order valence-corrected chi connectivity index (χ4v) is 1.59. The summed E-state index contributed by atoms with van der Waals surface area (Å²) in [4.78, 5) is 0. The minimum atomic E-state index is -4.34. The van der Waals surface area contributed by atoms with Crippen molar-refractivity contribution in [3.63, 3.8) is 0 Å². The summed E-state index contributed by atoms with van der Waals surface area (Å²) in [5, 5.41) is 0.591. The van der Waals surface area contributed by atoms with Gasteiger partial charge in [-0.15, -0.1) is 0 Å². The van der Waals surface area contributed by atoms with E-state index >= 15 is 0 Å². The standard InChI is InChI=1S/C12H15ClF3NO/c1-7-3-10(4-8(2)11(7)13)18-6-9(5-17)12(14,15)16/h3-4,9H,5-6,17H2,1-2H3. The molecule has 0 bridgehead atoms. The van der Waals surface area contributed by atoms with Gasteiger partial charge in [0.25, 0.3) is 0 Å². The molecule has 0 fully saturated rings. The molecule has 2 N–H and O–H groups in total. The van der Waals surface area contributed by atoms with Crippen LogP contribution in [-0.4, -0.2) is 19.3 Å². The molecule has 0 saturated carbocycles. The van der Waals surface area contributed by atoms with Crippen molar-refractivity contribution < 1.29 is 17.9 Å². The number of benzene rings is 1. The van der Waals surface area contributed by atoms with Crippen LogP contribution in [0.5, 0.6) is 5.75 Å². The third-order valence-electron chi connectivity index (χ3n) is 2.61. The van der Waals surface area contributed by atoms with E-state index < -0.39 is 25.2 Å². The molecule has 0 aromatic heterocycles. The normalized spacial score (nSPS) is 13.5.